The van der Waals surface area contributed by atoms with Crippen LogP contribution >= 0.6 is 27.7 Å². The number of nitrogens with one attached hydrogen (secondary N) is 1. The summed E-state index contributed by atoms with van der Waals surface area (Å²) in [4.78, 5) is 25.9. The van der Waals surface area contributed by atoms with Gasteiger partial charge in [-0.1, -0.05) is 61.7 Å². The Hall–Kier alpha value is -2.05. The summed E-state index contributed by atoms with van der Waals surface area (Å²) in [5, 5.41) is 12.0. The van der Waals surface area contributed by atoms with Gasteiger partial charge in [0.15, 0.2) is 0 Å². The van der Waals surface area contributed by atoms with E-state index in [1.54, 1.807) is 11.8 Å². The van der Waals surface area contributed by atoms with E-state index in [1.807, 2.05) is 48.5 Å². The molecule has 0 radical (unpaired) electrons. The van der Waals surface area contributed by atoms with Crippen LogP contribution in [-0.4, -0.2) is 17.0 Å². The molecule has 1 saturated carbocycles. The van der Waals surface area contributed by atoms with Crippen molar-refractivity contribution in [2.24, 2.45) is 5.92 Å². The molecule has 4 nitrogen and oxygen atoms in total. The van der Waals surface area contributed by atoms with E-state index < -0.39 is 5.97 Å². The number of halogens is 1. The van der Waals surface area contributed by atoms with Crippen LogP contribution in [0.5, 0.6) is 0 Å². The normalized spacial score (nSPS) is 14.7. The molecule has 1 fully saturated rings. The van der Waals surface area contributed by atoms with E-state index >= 15 is 0 Å². The van der Waals surface area contributed by atoms with Crippen molar-refractivity contribution < 1.29 is 14.7 Å². The van der Waals surface area contributed by atoms with E-state index in [9.17, 15) is 14.7 Å². The maximum Gasteiger partial charge on any atom is 0.352 e. The molecule has 152 valence electrons. The summed E-state index contributed by atoms with van der Waals surface area (Å²) in [6.07, 6.45) is 7.54. The van der Waals surface area contributed by atoms with Crippen molar-refractivity contribution in [2.75, 3.05) is 0 Å². The molecule has 6 heteroatoms. The largest absolute Gasteiger partial charge is 0.477 e. The van der Waals surface area contributed by atoms with Gasteiger partial charge < -0.3 is 10.4 Å². The van der Waals surface area contributed by atoms with Crippen LogP contribution in [0.1, 0.15) is 44.1 Å². The number of carbonyl (C=O) groups is 2. The number of aliphatic carboxylic acids is 1. The lowest BCUT2D eigenvalue weighted by Crippen LogP contribution is -2.27. The highest BCUT2D eigenvalue weighted by Crippen LogP contribution is 2.33. The summed E-state index contributed by atoms with van der Waals surface area (Å²) in [6, 6.07) is 15.6. The highest BCUT2D eigenvalue weighted by Gasteiger charge is 2.17. The molecule has 1 amide bonds. The van der Waals surface area contributed by atoms with Crippen molar-refractivity contribution in [1.82, 2.24) is 5.32 Å². The van der Waals surface area contributed by atoms with E-state index in [2.05, 4.69) is 21.2 Å². The van der Waals surface area contributed by atoms with Crippen LogP contribution in [0.3, 0.4) is 0 Å². The van der Waals surface area contributed by atoms with Gasteiger partial charge in [-0.2, -0.15) is 0 Å². The van der Waals surface area contributed by atoms with Crippen LogP contribution in [-0.2, 0) is 9.59 Å². The van der Waals surface area contributed by atoms with Crippen LogP contribution in [0, 0.1) is 5.92 Å². The summed E-state index contributed by atoms with van der Waals surface area (Å²) < 4.78 is 1.03. The average Bonchev–Trinajstić information content (AvgIpc) is 3.23. The predicted molar refractivity (Wildman–Crippen MR) is 120 cm³/mol. The molecule has 0 atom stereocenters. The van der Waals surface area contributed by atoms with Crippen molar-refractivity contribution >= 4 is 45.6 Å². The molecule has 0 spiro atoms. The second kappa shape index (κ2) is 10.6. The molecule has 1 aliphatic rings. The monoisotopic (exact) mass is 473 g/mol. The molecule has 2 aromatic carbocycles. The van der Waals surface area contributed by atoms with Crippen molar-refractivity contribution in [2.45, 2.75) is 48.3 Å². The van der Waals surface area contributed by atoms with E-state index in [-0.39, 0.29) is 11.6 Å². The quantitative estimate of drug-likeness (QED) is 0.453. The van der Waals surface area contributed by atoms with Crippen LogP contribution in [0.15, 0.2) is 68.5 Å². The maximum atomic E-state index is 12.2. The molecule has 0 unspecified atom stereocenters. The Labute approximate surface area is 183 Å². The van der Waals surface area contributed by atoms with E-state index in [4.69, 9.17) is 0 Å². The van der Waals surface area contributed by atoms with Gasteiger partial charge in [0.05, 0.1) is 0 Å². The van der Waals surface area contributed by atoms with Crippen LogP contribution in [0.4, 0.5) is 0 Å². The molecule has 2 N–H and O–H groups in total. The fraction of sp³-hybridized carbons (Fsp3) is 0.304. The standard InChI is InChI=1S/C23H24BrNO3S/c24-19-7-3-4-8-21(19)29-18-12-9-17(10-13-18)15-20(23(27)28)25-22(26)14-11-16-5-1-2-6-16/h3-4,7-10,12-13,15-16H,1-2,5-6,11,14H2,(H,25,26)(H,27,28)/b20-15-. The van der Waals surface area contributed by atoms with Gasteiger partial charge in [0, 0.05) is 20.7 Å². The number of carboxylic acid groups (broad SMARTS) is 1. The van der Waals surface area contributed by atoms with E-state index in [1.165, 1.54) is 31.8 Å². The molecule has 1 aliphatic carbocycles. The third kappa shape index (κ3) is 6.75. The molecule has 0 aliphatic heterocycles. The number of carbonyl (C=O) groups excluding carboxylic acids is 1. The molecule has 2 aromatic rings. The Balaban J connectivity index is 1.61. The van der Waals surface area contributed by atoms with Crippen molar-refractivity contribution in [1.29, 1.82) is 0 Å². The maximum absolute atomic E-state index is 12.2. The van der Waals surface area contributed by atoms with E-state index in [0.717, 1.165) is 26.2 Å². The van der Waals surface area contributed by atoms with Crippen molar-refractivity contribution in [3.05, 3.63) is 64.3 Å². The summed E-state index contributed by atoms with van der Waals surface area (Å²) in [5.74, 6) is -0.759. The molecule has 29 heavy (non-hydrogen) atoms. The minimum atomic E-state index is -1.13. The molecule has 3 rings (SSSR count). The third-order valence-corrected chi connectivity index (χ3v) is 7.05. The zero-order valence-electron chi connectivity index (χ0n) is 16.1. The summed E-state index contributed by atoms with van der Waals surface area (Å²) in [5.41, 5.74) is 0.641. The lowest BCUT2D eigenvalue weighted by molar-refractivity contribution is -0.134. The second-order valence-corrected chi connectivity index (χ2v) is 9.17. The zero-order chi connectivity index (χ0) is 20.6. The van der Waals surface area contributed by atoms with Gasteiger partial charge in [-0.15, -0.1) is 0 Å². The van der Waals surface area contributed by atoms with Gasteiger partial charge in [-0.25, -0.2) is 4.79 Å². The smallest absolute Gasteiger partial charge is 0.352 e. The summed E-state index contributed by atoms with van der Waals surface area (Å²) in [7, 11) is 0. The molecule has 0 aromatic heterocycles. The highest BCUT2D eigenvalue weighted by molar-refractivity contribution is 9.10. The molecular formula is C23H24BrNO3S. The number of amides is 1. The van der Waals surface area contributed by atoms with Gasteiger partial charge in [-0.05, 0) is 64.2 Å². The molecule has 0 bridgehead atoms. The summed E-state index contributed by atoms with van der Waals surface area (Å²) in [6.45, 7) is 0. The Morgan fingerprint density at radius 1 is 1.10 bits per heavy atom. The number of hydrogen-bond acceptors (Lipinski definition) is 3. The first kappa shape index (κ1) is 21.7. The second-order valence-electron chi connectivity index (χ2n) is 7.20. The zero-order valence-corrected chi connectivity index (χ0v) is 18.5. The molecule has 0 saturated heterocycles. The summed E-state index contributed by atoms with van der Waals surface area (Å²) >= 11 is 5.16. The third-order valence-electron chi connectivity index (χ3n) is 5.01. The fourth-order valence-electron chi connectivity index (χ4n) is 3.45. The lowest BCUT2D eigenvalue weighted by atomic mass is 10.0. The number of hydrogen-bond donors (Lipinski definition) is 2. The minimum absolute atomic E-state index is 0.0902. The number of carboxylic acids is 1. The number of rotatable bonds is 8. The Morgan fingerprint density at radius 2 is 1.79 bits per heavy atom. The van der Waals surface area contributed by atoms with Crippen molar-refractivity contribution in [3.63, 3.8) is 0 Å². The first-order chi connectivity index (χ1) is 14.0. The van der Waals surface area contributed by atoms with Gasteiger partial charge in [0.1, 0.15) is 5.70 Å². The van der Waals surface area contributed by atoms with Crippen LogP contribution in [0.2, 0.25) is 0 Å². The Kier molecular flexibility index (Phi) is 7.95. The van der Waals surface area contributed by atoms with Gasteiger partial charge in [0.25, 0.3) is 0 Å². The average molecular weight is 474 g/mol. The minimum Gasteiger partial charge on any atom is -0.477 e. The van der Waals surface area contributed by atoms with Crippen molar-refractivity contribution in [3.8, 4) is 0 Å². The first-order valence-corrected chi connectivity index (χ1v) is 11.4. The Bertz CT molecular complexity index is 889. The van der Waals surface area contributed by atoms with Gasteiger partial charge >= 0.3 is 5.97 Å². The van der Waals surface area contributed by atoms with Crippen LogP contribution < -0.4 is 5.32 Å². The highest BCUT2D eigenvalue weighted by atomic mass is 79.9. The fourth-order valence-corrected chi connectivity index (χ4v) is 4.82. The topological polar surface area (TPSA) is 66.4 Å². The Morgan fingerprint density at radius 3 is 2.45 bits per heavy atom. The van der Waals surface area contributed by atoms with Gasteiger partial charge in [0.2, 0.25) is 5.91 Å². The van der Waals surface area contributed by atoms with Gasteiger partial charge in [-0.3, -0.25) is 4.79 Å². The van der Waals surface area contributed by atoms with E-state index in [0.29, 0.717) is 12.3 Å². The molecular weight excluding hydrogens is 450 g/mol. The first-order valence-electron chi connectivity index (χ1n) is 9.78. The predicted octanol–water partition coefficient (Wildman–Crippen LogP) is 6.11. The number of benzene rings is 2. The van der Waals surface area contributed by atoms with Crippen LogP contribution in [0.25, 0.3) is 6.08 Å². The SMILES string of the molecule is O=C(CCC1CCCC1)N/C(=C\c1ccc(Sc2ccccc2Br)cc1)C(=O)O. The molecule has 0 heterocycles. The lowest BCUT2D eigenvalue weighted by Gasteiger charge is -2.10.